The summed E-state index contributed by atoms with van der Waals surface area (Å²) < 4.78 is 0. The van der Waals surface area contributed by atoms with E-state index in [1.165, 1.54) is 0 Å². The van der Waals surface area contributed by atoms with Crippen LogP contribution in [0, 0.1) is 0 Å². The molecule has 230 valence electrons. The van der Waals surface area contributed by atoms with Crippen molar-refractivity contribution >= 4 is 35.3 Å². The van der Waals surface area contributed by atoms with E-state index in [-0.39, 0.29) is 0 Å². The predicted molar refractivity (Wildman–Crippen MR) is 184 cm³/mol. The molecule has 0 radical (unpaired) electrons. The molecule has 0 fully saturated rings. The lowest BCUT2D eigenvalue weighted by Crippen LogP contribution is -2.31. The summed E-state index contributed by atoms with van der Waals surface area (Å²) in [5.41, 5.74) is 5.77. The standard InChI is InChI=1S/C33H30N10S3/c1-10-34-11-2-25(1)28-7-16-37-31(40-28)44-22-19-43(20-23-45-32-38-17-8-29(41-32)26-3-12-35-13-4-26)21-24-46-33-39-18-9-30(42-33)27-5-14-36-15-6-27/h1-18H,19-24H2. The fraction of sp³-hybridized carbons (Fsp3) is 0.182. The normalized spacial score (nSPS) is 11.2. The van der Waals surface area contributed by atoms with Crippen molar-refractivity contribution in [1.29, 1.82) is 0 Å². The number of aromatic nitrogens is 9. The Bertz CT molecular complexity index is 1590. The summed E-state index contributed by atoms with van der Waals surface area (Å²) in [6, 6.07) is 17.5. The molecule has 10 nitrogen and oxygen atoms in total. The third kappa shape index (κ3) is 9.36. The molecule has 0 aromatic carbocycles. The zero-order chi connectivity index (χ0) is 31.2. The van der Waals surface area contributed by atoms with Crippen LogP contribution in [-0.2, 0) is 0 Å². The number of rotatable bonds is 15. The smallest absolute Gasteiger partial charge is 0.188 e. The van der Waals surface area contributed by atoms with Crippen LogP contribution in [0.15, 0.2) is 126 Å². The molecule has 0 atom stereocenters. The van der Waals surface area contributed by atoms with E-state index in [0.29, 0.717) is 0 Å². The maximum Gasteiger partial charge on any atom is 0.188 e. The summed E-state index contributed by atoms with van der Waals surface area (Å²) in [6.45, 7) is 2.64. The molecule has 0 aliphatic rings. The van der Waals surface area contributed by atoms with E-state index in [1.54, 1.807) is 72.5 Å². The van der Waals surface area contributed by atoms with Gasteiger partial charge in [-0.05, 0) is 54.6 Å². The van der Waals surface area contributed by atoms with Gasteiger partial charge >= 0.3 is 0 Å². The highest BCUT2D eigenvalue weighted by molar-refractivity contribution is 7.99. The van der Waals surface area contributed by atoms with Gasteiger partial charge in [-0.15, -0.1) is 0 Å². The van der Waals surface area contributed by atoms with Crippen LogP contribution in [0.2, 0.25) is 0 Å². The van der Waals surface area contributed by atoms with Crippen LogP contribution in [-0.4, -0.2) is 86.6 Å². The van der Waals surface area contributed by atoms with Gasteiger partial charge in [-0.2, -0.15) is 0 Å². The van der Waals surface area contributed by atoms with Crippen molar-refractivity contribution in [3.05, 3.63) is 110 Å². The van der Waals surface area contributed by atoms with Crippen LogP contribution in [0.3, 0.4) is 0 Å². The van der Waals surface area contributed by atoms with Crippen molar-refractivity contribution in [3.63, 3.8) is 0 Å². The predicted octanol–water partition coefficient (Wildman–Crippen LogP) is 6.22. The molecule has 0 unspecified atom stereocenters. The Balaban J connectivity index is 1.06. The maximum absolute atomic E-state index is 4.77. The summed E-state index contributed by atoms with van der Waals surface area (Å²) in [7, 11) is 0. The minimum absolute atomic E-state index is 0.765. The fourth-order valence-electron chi connectivity index (χ4n) is 4.41. The molecule has 0 saturated heterocycles. The number of pyridine rings is 3. The van der Waals surface area contributed by atoms with Gasteiger partial charge in [-0.3, -0.25) is 15.0 Å². The van der Waals surface area contributed by atoms with E-state index in [9.17, 15) is 0 Å². The van der Waals surface area contributed by atoms with E-state index in [1.807, 2.05) is 73.2 Å². The monoisotopic (exact) mass is 662 g/mol. The SMILES string of the molecule is c1cc(-c2ccnc(SCCN(CCSc3nccc(-c4ccncc4)n3)CCSc3nccc(-c4ccncc4)n3)n2)ccn1. The first kappa shape index (κ1) is 31.7. The van der Waals surface area contributed by atoms with Gasteiger partial charge in [0, 0.05) is 109 Å². The Morgan fingerprint density at radius 2 is 0.696 bits per heavy atom. The Morgan fingerprint density at radius 3 is 1.00 bits per heavy atom. The minimum Gasteiger partial charge on any atom is -0.301 e. The number of nitrogens with zero attached hydrogens (tertiary/aromatic N) is 10. The highest BCUT2D eigenvalue weighted by Crippen LogP contribution is 2.23. The molecule has 0 N–H and O–H groups in total. The average Bonchev–Trinajstić information content (AvgIpc) is 3.13. The van der Waals surface area contributed by atoms with Crippen molar-refractivity contribution in [2.75, 3.05) is 36.9 Å². The van der Waals surface area contributed by atoms with Crippen molar-refractivity contribution in [2.24, 2.45) is 0 Å². The molecule has 6 aromatic rings. The van der Waals surface area contributed by atoms with Crippen LogP contribution in [0.4, 0.5) is 0 Å². The summed E-state index contributed by atoms with van der Waals surface area (Å²) in [5, 5.41) is 2.29. The van der Waals surface area contributed by atoms with Crippen LogP contribution in [0.5, 0.6) is 0 Å². The molecule has 0 bridgehead atoms. The number of thioether (sulfide) groups is 3. The van der Waals surface area contributed by atoms with E-state index >= 15 is 0 Å². The molecule has 0 saturated carbocycles. The average molecular weight is 663 g/mol. The minimum atomic E-state index is 0.765. The molecular formula is C33H30N10S3. The Hall–Kier alpha value is -4.30. The second-order valence-corrected chi connectivity index (χ2v) is 13.0. The Morgan fingerprint density at radius 1 is 0.391 bits per heavy atom. The molecule has 13 heteroatoms. The molecule has 0 spiro atoms. The topological polar surface area (TPSA) is 119 Å². The molecule has 0 aliphatic heterocycles. The first-order valence-corrected chi connectivity index (χ1v) is 17.6. The van der Waals surface area contributed by atoms with Crippen molar-refractivity contribution in [1.82, 2.24) is 49.8 Å². The third-order valence-corrected chi connectivity index (χ3v) is 9.27. The number of hydrogen-bond acceptors (Lipinski definition) is 13. The summed E-state index contributed by atoms with van der Waals surface area (Å²) in [4.78, 5) is 42.6. The molecule has 0 amide bonds. The zero-order valence-corrected chi connectivity index (χ0v) is 27.3. The van der Waals surface area contributed by atoms with Gasteiger partial charge in [-0.1, -0.05) is 35.3 Å². The van der Waals surface area contributed by atoms with Gasteiger partial charge in [0.15, 0.2) is 15.5 Å². The zero-order valence-electron chi connectivity index (χ0n) is 24.8. The fourth-order valence-corrected chi connectivity index (χ4v) is 6.91. The van der Waals surface area contributed by atoms with Crippen LogP contribution in [0.1, 0.15) is 0 Å². The molecule has 6 aromatic heterocycles. The highest BCUT2D eigenvalue weighted by Gasteiger charge is 2.11. The van der Waals surface area contributed by atoms with Gasteiger partial charge in [-0.25, -0.2) is 29.9 Å². The van der Waals surface area contributed by atoms with E-state index in [4.69, 9.17) is 15.0 Å². The number of hydrogen-bond donors (Lipinski definition) is 0. The second kappa shape index (κ2) is 16.9. The van der Waals surface area contributed by atoms with Crippen molar-refractivity contribution in [2.45, 2.75) is 15.5 Å². The van der Waals surface area contributed by atoms with Crippen molar-refractivity contribution < 1.29 is 0 Å². The summed E-state index contributed by atoms with van der Waals surface area (Å²) in [6.07, 6.45) is 16.1. The quantitative estimate of drug-likeness (QED) is 0.0915. The largest absolute Gasteiger partial charge is 0.301 e. The highest BCUT2D eigenvalue weighted by atomic mass is 32.2. The summed E-state index contributed by atoms with van der Waals surface area (Å²) in [5.74, 6) is 2.57. The molecule has 6 rings (SSSR count). The second-order valence-electron chi connectivity index (χ2n) is 9.77. The van der Waals surface area contributed by atoms with Gasteiger partial charge < -0.3 is 4.90 Å². The maximum atomic E-state index is 4.77. The van der Waals surface area contributed by atoms with E-state index in [2.05, 4.69) is 34.8 Å². The summed E-state index contributed by atoms with van der Waals surface area (Å²) >= 11 is 4.99. The Kier molecular flexibility index (Phi) is 11.6. The van der Waals surface area contributed by atoms with Crippen LogP contribution >= 0.6 is 35.3 Å². The molecule has 0 aliphatic carbocycles. The molecular weight excluding hydrogens is 633 g/mol. The lowest BCUT2D eigenvalue weighted by Gasteiger charge is -2.21. The Labute approximate surface area is 280 Å². The van der Waals surface area contributed by atoms with Gasteiger partial charge in [0.2, 0.25) is 0 Å². The lowest BCUT2D eigenvalue weighted by molar-refractivity contribution is 0.329. The third-order valence-electron chi connectivity index (χ3n) is 6.74. The van der Waals surface area contributed by atoms with Crippen LogP contribution in [0.25, 0.3) is 33.8 Å². The van der Waals surface area contributed by atoms with Gasteiger partial charge in [0.25, 0.3) is 0 Å². The van der Waals surface area contributed by atoms with Crippen LogP contribution < -0.4 is 0 Å². The molecule has 6 heterocycles. The first-order valence-electron chi connectivity index (χ1n) is 14.6. The van der Waals surface area contributed by atoms with Gasteiger partial charge in [0.1, 0.15) is 0 Å². The first-order chi connectivity index (χ1) is 22.8. The molecule has 46 heavy (non-hydrogen) atoms. The lowest BCUT2D eigenvalue weighted by atomic mass is 10.2. The van der Waals surface area contributed by atoms with E-state index < -0.39 is 0 Å². The van der Waals surface area contributed by atoms with E-state index in [0.717, 1.165) is 86.1 Å². The van der Waals surface area contributed by atoms with Gasteiger partial charge in [0.05, 0.1) is 17.1 Å². The van der Waals surface area contributed by atoms with Crippen molar-refractivity contribution in [3.8, 4) is 33.8 Å².